The van der Waals surface area contributed by atoms with Gasteiger partial charge in [-0.05, 0) is 115 Å². The van der Waals surface area contributed by atoms with Gasteiger partial charge in [0.15, 0.2) is 0 Å². The molecule has 38 heavy (non-hydrogen) atoms. The number of nitrogen functional groups attached to an aromatic ring is 2. The van der Waals surface area contributed by atoms with Gasteiger partial charge in [-0.3, -0.25) is 0 Å². The first-order valence-corrected chi connectivity index (χ1v) is 12.3. The van der Waals surface area contributed by atoms with E-state index in [0.717, 1.165) is 45.4 Å². The number of ether oxygens (including phenoxy) is 1. The van der Waals surface area contributed by atoms with E-state index < -0.39 is 0 Å². The van der Waals surface area contributed by atoms with Crippen molar-refractivity contribution in [3.05, 3.63) is 127 Å². The van der Waals surface area contributed by atoms with E-state index in [1.54, 1.807) is 7.11 Å². The summed E-state index contributed by atoms with van der Waals surface area (Å²) >= 11 is 0. The Morgan fingerprint density at radius 3 is 1.11 bits per heavy atom. The number of benzene rings is 5. The third-order valence-corrected chi connectivity index (χ3v) is 6.38. The lowest BCUT2D eigenvalue weighted by atomic mass is 10.1. The van der Waals surface area contributed by atoms with Crippen LogP contribution in [0.25, 0.3) is 0 Å². The summed E-state index contributed by atoms with van der Waals surface area (Å²) < 4.78 is 5.36. The van der Waals surface area contributed by atoms with Crippen molar-refractivity contribution < 1.29 is 9.84 Å². The molecule has 0 amide bonds. The minimum absolute atomic E-state index is 0.00359. The highest BCUT2D eigenvalue weighted by Crippen LogP contribution is 2.39. The highest BCUT2D eigenvalue weighted by Gasteiger charge is 2.16. The molecule has 0 aliphatic heterocycles. The Bertz CT molecular complexity index is 1370. The molecule has 5 aromatic rings. The van der Waals surface area contributed by atoms with Crippen LogP contribution in [0.3, 0.4) is 0 Å². The maximum Gasteiger partial charge on any atom is 0.119 e. The van der Waals surface area contributed by atoms with Crippen LogP contribution in [0, 0.1) is 0 Å². The Labute approximate surface area is 222 Å². The van der Waals surface area contributed by atoms with Crippen molar-refractivity contribution in [2.24, 2.45) is 0 Å². The summed E-state index contributed by atoms with van der Waals surface area (Å²) in [5.41, 5.74) is 20.1. The van der Waals surface area contributed by atoms with Gasteiger partial charge in [0.05, 0.1) is 13.7 Å². The van der Waals surface area contributed by atoms with Gasteiger partial charge >= 0.3 is 0 Å². The molecule has 0 heterocycles. The number of hydrogen-bond acceptors (Lipinski definition) is 6. The first-order chi connectivity index (χ1) is 18.6. The first kappa shape index (κ1) is 24.7. The quantitative estimate of drug-likeness (QED) is 0.193. The largest absolute Gasteiger partial charge is 0.497 e. The molecule has 0 atom stereocenters. The molecule has 0 aliphatic rings. The molecular formula is C32H30N4O2. The molecule has 5 N–H and O–H groups in total. The fourth-order valence-electron chi connectivity index (χ4n) is 4.37. The van der Waals surface area contributed by atoms with Gasteiger partial charge in [-0.15, -0.1) is 0 Å². The first-order valence-electron chi connectivity index (χ1n) is 12.3. The molecule has 190 valence electrons. The summed E-state index contributed by atoms with van der Waals surface area (Å²) in [5.74, 6) is 0.794. The van der Waals surface area contributed by atoms with Crippen molar-refractivity contribution >= 4 is 45.5 Å². The fraction of sp³-hybridized carbons (Fsp3) is 0.0625. The van der Waals surface area contributed by atoms with Crippen molar-refractivity contribution in [2.75, 3.05) is 28.4 Å². The van der Waals surface area contributed by atoms with E-state index >= 15 is 0 Å². The zero-order valence-electron chi connectivity index (χ0n) is 21.2. The van der Waals surface area contributed by atoms with E-state index in [2.05, 4.69) is 34.1 Å². The number of nitrogens with zero attached hydrogens (tertiary/aromatic N) is 2. The summed E-state index contributed by atoms with van der Waals surface area (Å²) in [7, 11) is 1.66. The van der Waals surface area contributed by atoms with Crippen LogP contribution in [-0.2, 0) is 6.61 Å². The number of aliphatic hydroxyl groups is 1. The summed E-state index contributed by atoms with van der Waals surface area (Å²) in [5, 5.41) is 9.51. The minimum Gasteiger partial charge on any atom is -0.497 e. The molecule has 0 aliphatic carbocycles. The van der Waals surface area contributed by atoms with Crippen molar-refractivity contribution in [3.8, 4) is 5.75 Å². The molecule has 5 rings (SSSR count). The second-order valence-corrected chi connectivity index (χ2v) is 8.89. The zero-order chi connectivity index (χ0) is 26.5. The number of rotatable bonds is 8. The third-order valence-electron chi connectivity index (χ3n) is 6.38. The molecule has 0 bridgehead atoms. The van der Waals surface area contributed by atoms with Gasteiger partial charge in [0, 0.05) is 45.5 Å². The van der Waals surface area contributed by atoms with Crippen LogP contribution in [0.2, 0.25) is 0 Å². The monoisotopic (exact) mass is 502 g/mol. The van der Waals surface area contributed by atoms with E-state index in [0.29, 0.717) is 11.4 Å². The second kappa shape index (κ2) is 11.0. The average Bonchev–Trinajstić information content (AvgIpc) is 2.97. The van der Waals surface area contributed by atoms with Crippen LogP contribution in [0.4, 0.5) is 45.5 Å². The number of methoxy groups -OCH3 is 1. The second-order valence-electron chi connectivity index (χ2n) is 8.89. The van der Waals surface area contributed by atoms with Crippen molar-refractivity contribution in [2.45, 2.75) is 6.61 Å². The van der Waals surface area contributed by atoms with Crippen LogP contribution in [-0.4, -0.2) is 12.2 Å². The Balaban J connectivity index is 1.56. The molecule has 6 heteroatoms. The molecule has 0 saturated carbocycles. The number of hydrogen-bond donors (Lipinski definition) is 3. The van der Waals surface area contributed by atoms with Crippen LogP contribution in [0.15, 0.2) is 121 Å². The predicted molar refractivity (Wildman–Crippen MR) is 157 cm³/mol. The summed E-state index contributed by atoms with van der Waals surface area (Å²) in [6.07, 6.45) is 0. The van der Waals surface area contributed by atoms with Crippen molar-refractivity contribution in [1.29, 1.82) is 0 Å². The van der Waals surface area contributed by atoms with Crippen molar-refractivity contribution in [3.63, 3.8) is 0 Å². The highest BCUT2D eigenvalue weighted by atomic mass is 16.5. The number of aliphatic hydroxyl groups excluding tert-OH is 1. The Hall–Kier alpha value is -4.94. The van der Waals surface area contributed by atoms with Crippen LogP contribution >= 0.6 is 0 Å². The summed E-state index contributed by atoms with van der Waals surface area (Å²) in [6.45, 7) is 0.00359. The number of nitrogens with two attached hydrogens (primary N) is 2. The maximum atomic E-state index is 9.51. The molecule has 6 nitrogen and oxygen atoms in total. The predicted octanol–water partition coefficient (Wildman–Crippen LogP) is 7.29. The van der Waals surface area contributed by atoms with Crippen LogP contribution in [0.5, 0.6) is 5.75 Å². The van der Waals surface area contributed by atoms with Gasteiger partial charge in [-0.1, -0.05) is 12.1 Å². The maximum absolute atomic E-state index is 9.51. The Morgan fingerprint density at radius 1 is 0.500 bits per heavy atom. The van der Waals surface area contributed by atoms with E-state index in [9.17, 15) is 5.11 Å². The lowest BCUT2D eigenvalue weighted by Gasteiger charge is -2.28. The topological polar surface area (TPSA) is 88.0 Å². The Kier molecular flexibility index (Phi) is 7.15. The average molecular weight is 503 g/mol. The normalized spacial score (nSPS) is 10.7. The smallest absolute Gasteiger partial charge is 0.119 e. The van der Waals surface area contributed by atoms with E-state index in [1.165, 1.54) is 0 Å². The van der Waals surface area contributed by atoms with Gasteiger partial charge in [0.2, 0.25) is 0 Å². The minimum atomic E-state index is 0.00359. The Morgan fingerprint density at radius 2 is 0.789 bits per heavy atom. The molecule has 0 spiro atoms. The zero-order valence-corrected chi connectivity index (χ0v) is 21.2. The van der Waals surface area contributed by atoms with Gasteiger partial charge in [-0.25, -0.2) is 0 Å². The molecule has 5 aromatic carbocycles. The summed E-state index contributed by atoms with van der Waals surface area (Å²) in [6, 6.07) is 39.9. The molecule has 0 fully saturated rings. The third kappa shape index (κ3) is 5.26. The van der Waals surface area contributed by atoms with Gasteiger partial charge in [0.1, 0.15) is 5.75 Å². The number of anilines is 8. The van der Waals surface area contributed by atoms with E-state index in [-0.39, 0.29) is 6.61 Å². The lowest BCUT2D eigenvalue weighted by molar-refractivity contribution is 0.282. The SMILES string of the molecule is COc1ccc(N(c2ccc(CO)cc2)c2ccc(N(c3ccc(N)cc3)c3ccc(N)cc3)cc2)cc1. The molecular weight excluding hydrogens is 472 g/mol. The molecule has 0 radical (unpaired) electrons. The fourth-order valence-corrected chi connectivity index (χ4v) is 4.37. The molecule has 0 unspecified atom stereocenters. The van der Waals surface area contributed by atoms with Gasteiger partial charge in [-0.2, -0.15) is 0 Å². The molecule has 0 saturated heterocycles. The van der Waals surface area contributed by atoms with E-state index in [1.807, 2.05) is 97.1 Å². The van der Waals surface area contributed by atoms with Gasteiger partial charge in [0.25, 0.3) is 0 Å². The van der Waals surface area contributed by atoms with Crippen LogP contribution < -0.4 is 26.0 Å². The highest BCUT2D eigenvalue weighted by molar-refractivity contribution is 5.81. The van der Waals surface area contributed by atoms with E-state index in [4.69, 9.17) is 16.2 Å². The summed E-state index contributed by atoms with van der Waals surface area (Å²) in [4.78, 5) is 4.33. The van der Waals surface area contributed by atoms with Crippen LogP contribution in [0.1, 0.15) is 5.56 Å². The molecule has 0 aromatic heterocycles. The van der Waals surface area contributed by atoms with Crippen molar-refractivity contribution in [1.82, 2.24) is 0 Å². The lowest BCUT2D eigenvalue weighted by Crippen LogP contribution is -2.12. The van der Waals surface area contributed by atoms with Gasteiger partial charge < -0.3 is 31.1 Å². The standard InChI is InChI=1S/C32H30N4O2/c1-38-32-20-18-31(19-21-32)35(26-8-2-23(22-37)3-9-26)29-14-16-30(17-15-29)36(27-10-4-24(33)5-11-27)28-12-6-25(34)7-13-28/h2-21,37H,22,33-34H2,1H3.